The maximum absolute atomic E-state index is 13.9. The topological polar surface area (TPSA) is 62.3 Å². The van der Waals surface area contributed by atoms with Crippen LogP contribution in [0.1, 0.15) is 31.8 Å². The van der Waals surface area contributed by atoms with E-state index in [-0.39, 0.29) is 11.5 Å². The largest absolute Gasteiger partial charge is 0.337 e. The molecule has 2 amide bonds. The first-order chi connectivity index (χ1) is 13.8. The van der Waals surface area contributed by atoms with E-state index in [4.69, 9.17) is 11.6 Å². The number of halogens is 2. The van der Waals surface area contributed by atoms with Crippen LogP contribution in [0.3, 0.4) is 0 Å². The van der Waals surface area contributed by atoms with Gasteiger partial charge in [0.1, 0.15) is 11.0 Å². The fourth-order valence-corrected chi connectivity index (χ4v) is 2.90. The lowest BCUT2D eigenvalue weighted by Gasteiger charge is -2.18. The van der Waals surface area contributed by atoms with Gasteiger partial charge in [0.05, 0.1) is 5.56 Å². The number of benzene rings is 2. The van der Waals surface area contributed by atoms with E-state index in [2.05, 4.69) is 10.3 Å². The Morgan fingerprint density at radius 3 is 2.59 bits per heavy atom. The number of nitrogens with zero attached hydrogens (tertiary/aromatic N) is 2. The van der Waals surface area contributed by atoms with E-state index >= 15 is 0 Å². The van der Waals surface area contributed by atoms with Gasteiger partial charge in [0.25, 0.3) is 11.8 Å². The molecule has 0 atom stereocenters. The van der Waals surface area contributed by atoms with Crippen molar-refractivity contribution in [2.75, 3.05) is 12.4 Å². The molecule has 1 aromatic heterocycles. The van der Waals surface area contributed by atoms with E-state index < -0.39 is 11.7 Å². The van der Waals surface area contributed by atoms with Gasteiger partial charge in [-0.1, -0.05) is 35.9 Å². The molecular formula is C22H19ClFN3O2. The molecule has 7 heteroatoms. The summed E-state index contributed by atoms with van der Waals surface area (Å²) in [6, 6.07) is 14.2. The normalized spacial score (nSPS) is 10.5. The van der Waals surface area contributed by atoms with Gasteiger partial charge in [0.2, 0.25) is 0 Å². The van der Waals surface area contributed by atoms with E-state index in [9.17, 15) is 14.0 Å². The SMILES string of the molecule is Cc1ccc(C(=O)N(C)Cc2ccc(Cl)nc2)cc1NC(=O)c1ccccc1F. The highest BCUT2D eigenvalue weighted by Gasteiger charge is 2.16. The highest BCUT2D eigenvalue weighted by molar-refractivity contribution is 6.29. The maximum Gasteiger partial charge on any atom is 0.258 e. The van der Waals surface area contributed by atoms with Gasteiger partial charge in [-0.2, -0.15) is 0 Å². The van der Waals surface area contributed by atoms with E-state index in [0.29, 0.717) is 22.9 Å². The van der Waals surface area contributed by atoms with Crippen molar-refractivity contribution >= 4 is 29.1 Å². The highest BCUT2D eigenvalue weighted by Crippen LogP contribution is 2.20. The van der Waals surface area contributed by atoms with E-state index in [1.807, 2.05) is 0 Å². The van der Waals surface area contributed by atoms with E-state index in [1.165, 1.54) is 23.1 Å². The van der Waals surface area contributed by atoms with Crippen LogP contribution in [0.2, 0.25) is 5.15 Å². The van der Waals surface area contributed by atoms with E-state index in [1.54, 1.807) is 56.6 Å². The molecule has 0 unspecified atom stereocenters. The first-order valence-electron chi connectivity index (χ1n) is 8.87. The average Bonchev–Trinajstić information content (AvgIpc) is 2.71. The van der Waals surface area contributed by atoms with Crippen LogP contribution in [0.15, 0.2) is 60.8 Å². The number of hydrogen-bond donors (Lipinski definition) is 1. The average molecular weight is 412 g/mol. The summed E-state index contributed by atoms with van der Waals surface area (Å²) >= 11 is 5.78. The zero-order chi connectivity index (χ0) is 21.0. The number of carbonyl (C=O) groups is 2. The molecule has 0 saturated carbocycles. The fraction of sp³-hybridized carbons (Fsp3) is 0.136. The molecule has 0 spiro atoms. The van der Waals surface area contributed by atoms with Crippen LogP contribution in [-0.4, -0.2) is 28.7 Å². The third-order valence-corrected chi connectivity index (χ3v) is 4.63. The number of aromatic nitrogens is 1. The second kappa shape index (κ2) is 8.84. The minimum absolute atomic E-state index is 0.0593. The number of pyridine rings is 1. The van der Waals surface area contributed by atoms with Crippen molar-refractivity contribution in [3.05, 3.63) is 94.0 Å². The number of hydrogen-bond acceptors (Lipinski definition) is 3. The Hall–Kier alpha value is -3.25. The second-order valence-corrected chi connectivity index (χ2v) is 7.00. The third kappa shape index (κ3) is 4.97. The Kier molecular flexibility index (Phi) is 6.24. The Morgan fingerprint density at radius 1 is 1.14 bits per heavy atom. The van der Waals surface area contributed by atoms with Gasteiger partial charge in [-0.05, 0) is 48.4 Å². The van der Waals surface area contributed by atoms with E-state index in [0.717, 1.165) is 11.1 Å². The van der Waals surface area contributed by atoms with Crippen LogP contribution in [0.5, 0.6) is 0 Å². The molecule has 5 nitrogen and oxygen atoms in total. The maximum atomic E-state index is 13.9. The molecule has 3 aromatic rings. The predicted octanol–water partition coefficient (Wildman–Crippen LogP) is 4.71. The molecule has 0 saturated heterocycles. The smallest absolute Gasteiger partial charge is 0.258 e. The molecule has 2 aromatic carbocycles. The minimum atomic E-state index is -0.605. The summed E-state index contributed by atoms with van der Waals surface area (Å²) in [7, 11) is 1.67. The van der Waals surface area contributed by atoms with Gasteiger partial charge < -0.3 is 10.2 Å². The lowest BCUT2D eigenvalue weighted by molar-refractivity contribution is 0.0784. The number of anilines is 1. The van der Waals surface area contributed by atoms with Crippen LogP contribution in [0.25, 0.3) is 0 Å². The molecule has 148 valence electrons. The van der Waals surface area contributed by atoms with Crippen molar-refractivity contribution in [1.29, 1.82) is 0 Å². The molecular weight excluding hydrogens is 393 g/mol. The summed E-state index contributed by atoms with van der Waals surface area (Å²) in [5.74, 6) is -1.40. The number of amides is 2. The molecule has 0 aliphatic heterocycles. The van der Waals surface area contributed by atoms with Crippen molar-refractivity contribution in [1.82, 2.24) is 9.88 Å². The fourth-order valence-electron chi connectivity index (χ4n) is 2.79. The van der Waals surface area contributed by atoms with Crippen LogP contribution in [0, 0.1) is 12.7 Å². The third-order valence-electron chi connectivity index (χ3n) is 4.41. The number of aryl methyl sites for hydroxylation is 1. The zero-order valence-corrected chi connectivity index (χ0v) is 16.7. The van der Waals surface area contributed by atoms with Gasteiger partial charge in [-0.3, -0.25) is 9.59 Å². The predicted molar refractivity (Wildman–Crippen MR) is 111 cm³/mol. The van der Waals surface area contributed by atoms with Crippen LogP contribution in [0.4, 0.5) is 10.1 Å². The first-order valence-corrected chi connectivity index (χ1v) is 9.25. The Balaban J connectivity index is 1.77. The Bertz CT molecular complexity index is 1050. The Labute approximate surface area is 173 Å². The molecule has 0 aliphatic carbocycles. The van der Waals surface area contributed by atoms with Gasteiger partial charge in [-0.15, -0.1) is 0 Å². The molecule has 0 fully saturated rings. The highest BCUT2D eigenvalue weighted by atomic mass is 35.5. The quantitative estimate of drug-likeness (QED) is 0.618. The van der Waals surface area contributed by atoms with Gasteiger partial charge in [0, 0.05) is 31.0 Å². The number of nitrogens with one attached hydrogen (secondary N) is 1. The lowest BCUT2D eigenvalue weighted by atomic mass is 10.1. The molecule has 1 N–H and O–H groups in total. The molecule has 1 heterocycles. The Morgan fingerprint density at radius 2 is 1.90 bits per heavy atom. The second-order valence-electron chi connectivity index (χ2n) is 6.61. The van der Waals surface area contributed by atoms with Crippen molar-refractivity contribution in [3.63, 3.8) is 0 Å². The monoisotopic (exact) mass is 411 g/mol. The van der Waals surface area contributed by atoms with Crippen LogP contribution in [-0.2, 0) is 6.54 Å². The summed E-state index contributed by atoms with van der Waals surface area (Å²) in [6.45, 7) is 2.15. The van der Waals surface area contributed by atoms with Gasteiger partial charge in [-0.25, -0.2) is 9.37 Å². The minimum Gasteiger partial charge on any atom is -0.337 e. The summed E-state index contributed by atoms with van der Waals surface area (Å²) in [5, 5.41) is 3.07. The molecule has 29 heavy (non-hydrogen) atoms. The van der Waals surface area contributed by atoms with Gasteiger partial charge >= 0.3 is 0 Å². The van der Waals surface area contributed by atoms with Crippen molar-refractivity contribution in [3.8, 4) is 0 Å². The molecule has 0 radical (unpaired) electrons. The first kappa shape index (κ1) is 20.5. The summed E-state index contributed by atoms with van der Waals surface area (Å²) in [5.41, 5.74) is 2.40. The number of carbonyl (C=O) groups excluding carboxylic acids is 2. The number of rotatable bonds is 5. The summed E-state index contributed by atoms with van der Waals surface area (Å²) in [6.07, 6.45) is 1.61. The summed E-state index contributed by atoms with van der Waals surface area (Å²) in [4.78, 5) is 30.8. The van der Waals surface area contributed by atoms with Crippen molar-refractivity contribution in [2.45, 2.75) is 13.5 Å². The lowest BCUT2D eigenvalue weighted by Crippen LogP contribution is -2.26. The van der Waals surface area contributed by atoms with Crippen LogP contribution >= 0.6 is 11.6 Å². The molecule has 0 aliphatic rings. The van der Waals surface area contributed by atoms with Crippen molar-refractivity contribution < 1.29 is 14.0 Å². The van der Waals surface area contributed by atoms with Gasteiger partial charge in [0.15, 0.2) is 0 Å². The standard InChI is InChI=1S/C22H19ClFN3O2/c1-14-7-9-16(22(29)27(2)13-15-8-10-20(23)25-12-15)11-19(14)26-21(28)17-5-3-4-6-18(17)24/h3-12H,13H2,1-2H3,(H,26,28). The summed E-state index contributed by atoms with van der Waals surface area (Å²) < 4.78 is 13.9. The molecule has 0 bridgehead atoms. The van der Waals surface area contributed by atoms with Crippen molar-refractivity contribution in [2.24, 2.45) is 0 Å². The molecule has 3 rings (SSSR count). The zero-order valence-electron chi connectivity index (χ0n) is 15.9. The van der Waals surface area contributed by atoms with Crippen LogP contribution < -0.4 is 5.32 Å².